The Labute approximate surface area is 170 Å². The molecule has 0 unspecified atom stereocenters. The molecule has 0 bridgehead atoms. The third-order valence-corrected chi connectivity index (χ3v) is 4.75. The van der Waals surface area contributed by atoms with Crippen LogP contribution in [-0.2, 0) is 9.53 Å². The van der Waals surface area contributed by atoms with Crippen molar-refractivity contribution in [3.8, 4) is 0 Å². The molecule has 0 aliphatic heterocycles. The Hall–Kier alpha value is -3.41. The Morgan fingerprint density at radius 2 is 1.76 bits per heavy atom. The summed E-state index contributed by atoms with van der Waals surface area (Å²) >= 11 is 0. The van der Waals surface area contributed by atoms with Crippen LogP contribution in [0.25, 0.3) is 10.9 Å². The van der Waals surface area contributed by atoms with E-state index < -0.39 is 5.97 Å². The van der Waals surface area contributed by atoms with Crippen molar-refractivity contribution in [2.45, 2.75) is 20.8 Å². The van der Waals surface area contributed by atoms with Gasteiger partial charge in [0.1, 0.15) is 5.56 Å². The third kappa shape index (κ3) is 4.37. The lowest BCUT2D eigenvalue weighted by molar-refractivity contribution is -0.114. The number of ether oxygens (including phenoxy) is 1. The number of fused-ring (bicyclic) bond motifs is 1. The van der Waals surface area contributed by atoms with Gasteiger partial charge in [0.2, 0.25) is 5.91 Å². The number of esters is 1. The lowest BCUT2D eigenvalue weighted by atomic mass is 10.1. The number of carbonyl (C=O) groups is 2. The van der Waals surface area contributed by atoms with Crippen molar-refractivity contribution < 1.29 is 14.3 Å². The van der Waals surface area contributed by atoms with E-state index in [-0.39, 0.29) is 19.1 Å². The number of nitrogens with zero attached hydrogens (tertiary/aromatic N) is 2. The van der Waals surface area contributed by atoms with Crippen LogP contribution in [-0.4, -0.2) is 37.1 Å². The van der Waals surface area contributed by atoms with Crippen molar-refractivity contribution in [2.24, 2.45) is 0 Å². The molecule has 0 aliphatic carbocycles. The minimum absolute atomic E-state index is 0.0776. The van der Waals surface area contributed by atoms with Crippen LogP contribution in [0.1, 0.15) is 28.4 Å². The number of hydrogen-bond donors (Lipinski definition) is 1. The number of anilines is 2. The molecule has 1 aromatic heterocycles. The van der Waals surface area contributed by atoms with Crippen molar-refractivity contribution >= 4 is 34.2 Å². The number of rotatable bonds is 6. The van der Waals surface area contributed by atoms with Gasteiger partial charge in [-0.3, -0.25) is 9.78 Å². The maximum atomic E-state index is 12.8. The summed E-state index contributed by atoms with van der Waals surface area (Å²) in [6.07, 6.45) is 1.51. The van der Waals surface area contributed by atoms with Crippen molar-refractivity contribution in [3.63, 3.8) is 0 Å². The molecule has 0 aliphatic rings. The first-order chi connectivity index (χ1) is 13.9. The molecule has 0 atom stereocenters. The highest BCUT2D eigenvalue weighted by atomic mass is 16.5. The Kier molecular flexibility index (Phi) is 6.12. The summed E-state index contributed by atoms with van der Waals surface area (Å²) in [6, 6.07) is 13.4. The van der Waals surface area contributed by atoms with Crippen LogP contribution in [0.2, 0.25) is 0 Å². The van der Waals surface area contributed by atoms with Gasteiger partial charge in [0.15, 0.2) is 0 Å². The average Bonchev–Trinajstić information content (AvgIpc) is 2.70. The van der Waals surface area contributed by atoms with E-state index in [0.717, 1.165) is 27.7 Å². The predicted octanol–water partition coefficient (Wildman–Crippen LogP) is 4.10. The molecule has 29 heavy (non-hydrogen) atoms. The van der Waals surface area contributed by atoms with Gasteiger partial charge in [-0.2, -0.15) is 0 Å². The standard InChI is InChI=1S/C23H25N3O3/c1-5-29-23(28)18-13-24-19-12-7-6-11-17(19)22(18)26(4)14-20(27)25-21-15(2)9-8-10-16(21)3/h6-13H,5,14H2,1-4H3,(H,25,27). The van der Waals surface area contributed by atoms with Crippen LogP contribution in [0.3, 0.4) is 0 Å². The SMILES string of the molecule is CCOC(=O)c1cnc2ccccc2c1N(C)CC(=O)Nc1c(C)cccc1C. The van der Waals surface area contributed by atoms with E-state index in [1.165, 1.54) is 6.20 Å². The van der Waals surface area contributed by atoms with Gasteiger partial charge in [-0.1, -0.05) is 36.4 Å². The van der Waals surface area contributed by atoms with Crippen LogP contribution < -0.4 is 10.2 Å². The Morgan fingerprint density at radius 1 is 1.07 bits per heavy atom. The summed E-state index contributed by atoms with van der Waals surface area (Å²) in [7, 11) is 1.79. The van der Waals surface area contributed by atoms with E-state index in [4.69, 9.17) is 4.74 Å². The maximum Gasteiger partial charge on any atom is 0.341 e. The number of amides is 1. The van der Waals surface area contributed by atoms with Crippen LogP contribution >= 0.6 is 0 Å². The molecule has 0 radical (unpaired) electrons. The number of para-hydroxylation sites is 2. The zero-order chi connectivity index (χ0) is 21.0. The zero-order valence-corrected chi connectivity index (χ0v) is 17.2. The Morgan fingerprint density at radius 3 is 2.45 bits per heavy atom. The zero-order valence-electron chi connectivity index (χ0n) is 17.2. The number of pyridine rings is 1. The minimum atomic E-state index is -0.456. The molecule has 6 heteroatoms. The van der Waals surface area contributed by atoms with Gasteiger partial charge < -0.3 is 15.0 Å². The molecule has 150 valence electrons. The number of likely N-dealkylation sites (N-methyl/N-ethyl adjacent to an activating group) is 1. The number of carbonyl (C=O) groups excluding carboxylic acids is 2. The maximum absolute atomic E-state index is 12.8. The van der Waals surface area contributed by atoms with E-state index in [2.05, 4.69) is 10.3 Å². The summed E-state index contributed by atoms with van der Waals surface area (Å²) < 4.78 is 5.19. The highest BCUT2D eigenvalue weighted by Crippen LogP contribution is 2.29. The van der Waals surface area contributed by atoms with Crippen LogP contribution in [0.15, 0.2) is 48.7 Å². The lowest BCUT2D eigenvalue weighted by Crippen LogP contribution is -2.32. The first-order valence-electron chi connectivity index (χ1n) is 9.54. The predicted molar refractivity (Wildman–Crippen MR) is 116 cm³/mol. The molecule has 0 saturated carbocycles. The molecule has 6 nitrogen and oxygen atoms in total. The summed E-state index contributed by atoms with van der Waals surface area (Å²) in [4.78, 5) is 31.4. The number of benzene rings is 2. The second-order valence-corrected chi connectivity index (χ2v) is 6.93. The summed E-state index contributed by atoms with van der Waals surface area (Å²) in [5.41, 5.74) is 4.54. The first kappa shape index (κ1) is 20.3. The number of hydrogen-bond acceptors (Lipinski definition) is 5. The van der Waals surface area contributed by atoms with Crippen LogP contribution in [0.4, 0.5) is 11.4 Å². The number of aryl methyl sites for hydroxylation is 2. The topological polar surface area (TPSA) is 71.5 Å². The molecule has 3 aromatic rings. The fraction of sp³-hybridized carbons (Fsp3) is 0.261. The molecule has 0 saturated heterocycles. The summed E-state index contributed by atoms with van der Waals surface area (Å²) in [5, 5.41) is 3.78. The van der Waals surface area contributed by atoms with Crippen LogP contribution in [0.5, 0.6) is 0 Å². The van der Waals surface area contributed by atoms with Crippen LogP contribution in [0, 0.1) is 13.8 Å². The van der Waals surface area contributed by atoms with Crippen molar-refractivity contribution in [3.05, 3.63) is 65.4 Å². The van der Waals surface area contributed by atoms with Gasteiger partial charge in [-0.05, 0) is 38.0 Å². The van der Waals surface area contributed by atoms with Gasteiger partial charge >= 0.3 is 5.97 Å². The number of nitrogens with one attached hydrogen (secondary N) is 1. The molecule has 1 amide bonds. The van der Waals surface area contributed by atoms with Gasteiger partial charge in [0, 0.05) is 24.3 Å². The fourth-order valence-corrected chi connectivity index (χ4v) is 3.38. The first-order valence-corrected chi connectivity index (χ1v) is 9.54. The molecule has 0 fully saturated rings. The average molecular weight is 391 g/mol. The van der Waals surface area contributed by atoms with E-state index in [1.807, 2.05) is 56.3 Å². The van der Waals surface area contributed by atoms with Gasteiger partial charge in [-0.25, -0.2) is 4.79 Å². The Balaban J connectivity index is 1.93. The molecule has 1 N–H and O–H groups in total. The Bertz CT molecular complexity index is 1040. The minimum Gasteiger partial charge on any atom is -0.462 e. The molecule has 0 spiro atoms. The summed E-state index contributed by atoms with van der Waals surface area (Å²) in [5.74, 6) is -0.622. The normalized spacial score (nSPS) is 10.6. The van der Waals surface area contributed by atoms with E-state index in [0.29, 0.717) is 11.3 Å². The summed E-state index contributed by atoms with van der Waals surface area (Å²) in [6.45, 7) is 6.02. The number of aromatic nitrogens is 1. The van der Waals surface area contributed by atoms with Gasteiger partial charge in [0.05, 0.1) is 24.4 Å². The highest BCUT2D eigenvalue weighted by Gasteiger charge is 2.21. The lowest BCUT2D eigenvalue weighted by Gasteiger charge is -2.23. The van der Waals surface area contributed by atoms with E-state index in [1.54, 1.807) is 18.9 Å². The van der Waals surface area contributed by atoms with E-state index >= 15 is 0 Å². The smallest absolute Gasteiger partial charge is 0.341 e. The van der Waals surface area contributed by atoms with Crippen molar-refractivity contribution in [1.29, 1.82) is 0 Å². The van der Waals surface area contributed by atoms with Crippen molar-refractivity contribution in [2.75, 3.05) is 30.4 Å². The second kappa shape index (κ2) is 8.73. The second-order valence-electron chi connectivity index (χ2n) is 6.93. The van der Waals surface area contributed by atoms with Gasteiger partial charge in [0.25, 0.3) is 0 Å². The molecular weight excluding hydrogens is 366 g/mol. The molecule has 1 heterocycles. The van der Waals surface area contributed by atoms with Crippen molar-refractivity contribution in [1.82, 2.24) is 4.98 Å². The molecular formula is C23H25N3O3. The molecule has 2 aromatic carbocycles. The third-order valence-electron chi connectivity index (χ3n) is 4.75. The quantitative estimate of drug-likeness (QED) is 0.641. The van der Waals surface area contributed by atoms with E-state index in [9.17, 15) is 9.59 Å². The highest BCUT2D eigenvalue weighted by molar-refractivity contribution is 6.06. The monoisotopic (exact) mass is 391 g/mol. The molecule has 3 rings (SSSR count). The fourth-order valence-electron chi connectivity index (χ4n) is 3.38. The largest absolute Gasteiger partial charge is 0.462 e. The van der Waals surface area contributed by atoms with Gasteiger partial charge in [-0.15, -0.1) is 0 Å².